The van der Waals surface area contributed by atoms with E-state index in [1.165, 1.54) is 14.2 Å². The summed E-state index contributed by atoms with van der Waals surface area (Å²) in [4.78, 5) is 49.8. The van der Waals surface area contributed by atoms with Crippen molar-refractivity contribution < 1.29 is 28.4 Å². The summed E-state index contributed by atoms with van der Waals surface area (Å²) in [6, 6.07) is 20.8. The van der Waals surface area contributed by atoms with Gasteiger partial charge in [-0.1, -0.05) is 52.5 Å². The maximum atomic E-state index is 14.8. The summed E-state index contributed by atoms with van der Waals surface area (Å²) < 4.78 is 18.6. The van der Waals surface area contributed by atoms with Gasteiger partial charge in [-0.25, -0.2) is 4.98 Å². The molecule has 316 valence electrons. The molecule has 1 N–H and O–H groups in total. The number of allylic oxidation sites excluding steroid dienone is 1. The van der Waals surface area contributed by atoms with Crippen LogP contribution >= 0.6 is 23.2 Å². The molecule has 2 aliphatic heterocycles. The number of rotatable bonds is 16. The van der Waals surface area contributed by atoms with Gasteiger partial charge in [0.2, 0.25) is 0 Å². The van der Waals surface area contributed by atoms with Gasteiger partial charge >= 0.3 is 5.82 Å². The van der Waals surface area contributed by atoms with Crippen LogP contribution in [0.3, 0.4) is 0 Å². The lowest BCUT2D eigenvalue weighted by Gasteiger charge is -2.28. The minimum Gasteiger partial charge on any atom is -0.495 e. The molecule has 1 fully saturated rings. The highest BCUT2D eigenvalue weighted by molar-refractivity contribution is 6.41. The number of carbonyl (C=O) groups is 1. The first-order chi connectivity index (χ1) is 29.3. The lowest BCUT2D eigenvalue weighted by Crippen LogP contribution is -2.41. The Morgan fingerprint density at radius 2 is 1.70 bits per heavy atom. The van der Waals surface area contributed by atoms with Crippen molar-refractivity contribution in [3.05, 3.63) is 138 Å². The van der Waals surface area contributed by atoms with E-state index in [0.29, 0.717) is 71.0 Å². The lowest BCUT2D eigenvalue weighted by atomic mass is 10.0. The molecule has 0 unspecified atom stereocenters. The monoisotopic (exact) mass is 866 g/mol. The van der Waals surface area contributed by atoms with E-state index in [-0.39, 0.29) is 51.3 Å². The molecule has 2 aromatic heterocycles. The standard InChI is InChI=1S/C45H45Cl2N7O7/c1-54(2,28-31-14-15-48-44(31)53(57)58)18-6-9-35(55)22-29-7-5-8-30(21-29)27-52-37-24-40(50-33-10-12-34(13-11-33)51-16-19-61-20-17-51)49-26-32(37)23-36(45(52)56)41-42(46)38(59-3)25-39(60-4)43(41)47/h5-13,15,21,23-26H,14,16-20,22,27-28H2,1-4H3/p+1/b9-6+. The third-order valence-electron chi connectivity index (χ3n) is 10.6. The van der Waals surface area contributed by atoms with Crippen LogP contribution in [0.5, 0.6) is 11.5 Å². The zero-order chi connectivity index (χ0) is 43.3. The van der Waals surface area contributed by atoms with Crippen LogP contribution in [0.15, 0.2) is 106 Å². The Morgan fingerprint density at radius 3 is 2.39 bits per heavy atom. The fraction of sp³-hybridized carbons (Fsp3) is 0.289. The number of fused-ring (bicyclic) bond motifs is 1. The van der Waals surface area contributed by atoms with E-state index in [9.17, 15) is 19.7 Å². The molecule has 0 atom stereocenters. The van der Waals surface area contributed by atoms with E-state index in [4.69, 9.17) is 42.4 Å². The molecule has 14 nitrogen and oxygen atoms in total. The highest BCUT2D eigenvalue weighted by Gasteiger charge is 2.28. The number of ether oxygens (including phenoxy) is 3. The van der Waals surface area contributed by atoms with Crippen LogP contribution in [0.25, 0.3) is 22.0 Å². The number of hydrogen-bond donors (Lipinski definition) is 1. The Hall–Kier alpha value is -6.06. The van der Waals surface area contributed by atoms with Crippen LogP contribution in [-0.2, 0) is 22.5 Å². The van der Waals surface area contributed by atoms with Crippen LogP contribution < -0.4 is 25.2 Å². The van der Waals surface area contributed by atoms with Crippen molar-refractivity contribution in [2.24, 2.45) is 4.99 Å². The molecule has 0 amide bonds. The van der Waals surface area contributed by atoms with Crippen molar-refractivity contribution in [1.29, 1.82) is 0 Å². The van der Waals surface area contributed by atoms with Gasteiger partial charge in [0, 0.05) is 66.6 Å². The lowest BCUT2D eigenvalue weighted by molar-refractivity contribution is -0.880. The van der Waals surface area contributed by atoms with Crippen LogP contribution in [0.4, 0.5) is 17.2 Å². The number of pyridine rings is 2. The van der Waals surface area contributed by atoms with Gasteiger partial charge in [0.1, 0.15) is 30.1 Å². The largest absolute Gasteiger partial charge is 0.495 e. The number of methoxy groups -OCH3 is 2. The maximum Gasteiger partial charge on any atom is 0.368 e. The van der Waals surface area contributed by atoms with Crippen LogP contribution in [-0.4, -0.2) is 98.7 Å². The number of morpholine rings is 1. The molecule has 3 aromatic carbocycles. The van der Waals surface area contributed by atoms with Gasteiger partial charge in [-0.3, -0.25) is 9.59 Å². The number of likely N-dealkylation sites (N-methyl/N-ethyl adjacent to an activating group) is 1. The highest BCUT2D eigenvalue weighted by atomic mass is 35.5. The number of nitrogens with zero attached hydrogens (tertiary/aromatic N) is 6. The Morgan fingerprint density at radius 1 is 1.00 bits per heavy atom. The maximum absolute atomic E-state index is 14.8. The van der Waals surface area contributed by atoms with E-state index in [0.717, 1.165) is 35.6 Å². The number of benzene rings is 3. The first-order valence-corrected chi connectivity index (χ1v) is 20.4. The fourth-order valence-electron chi connectivity index (χ4n) is 7.59. The van der Waals surface area contributed by atoms with Crippen molar-refractivity contribution >= 4 is 63.3 Å². The molecule has 61 heavy (non-hydrogen) atoms. The smallest absolute Gasteiger partial charge is 0.368 e. The number of quaternary nitrogens is 1. The molecular weight excluding hydrogens is 821 g/mol. The van der Waals surface area contributed by atoms with Crippen molar-refractivity contribution in [2.75, 3.05) is 77.9 Å². The minimum atomic E-state index is -0.454. The van der Waals surface area contributed by atoms with E-state index in [1.54, 1.807) is 41.3 Å². The first kappa shape index (κ1) is 43.0. The molecule has 0 aliphatic carbocycles. The Bertz CT molecular complexity index is 2610. The molecule has 0 spiro atoms. The summed E-state index contributed by atoms with van der Waals surface area (Å²) in [6.07, 6.45) is 7.18. The normalized spacial score (nSPS) is 14.3. The number of ketones is 1. The van der Waals surface area contributed by atoms with E-state index < -0.39 is 4.92 Å². The second kappa shape index (κ2) is 18.7. The number of nitrogens with one attached hydrogen (secondary N) is 1. The van der Waals surface area contributed by atoms with E-state index in [2.05, 4.69) is 27.3 Å². The molecule has 16 heteroatoms. The van der Waals surface area contributed by atoms with Gasteiger partial charge in [0.05, 0.1) is 81.3 Å². The van der Waals surface area contributed by atoms with Gasteiger partial charge in [-0.2, -0.15) is 0 Å². The summed E-state index contributed by atoms with van der Waals surface area (Å²) in [5, 5.41) is 15.7. The van der Waals surface area contributed by atoms with Gasteiger partial charge in [0.25, 0.3) is 5.56 Å². The van der Waals surface area contributed by atoms with E-state index in [1.807, 2.05) is 56.6 Å². The molecule has 0 bridgehead atoms. The number of aromatic nitrogens is 2. The summed E-state index contributed by atoms with van der Waals surface area (Å²) in [7, 11) is 6.85. The van der Waals surface area contributed by atoms with Gasteiger partial charge in [-0.15, -0.1) is 0 Å². The molecule has 1 saturated heterocycles. The Kier molecular flexibility index (Phi) is 13.2. The zero-order valence-corrected chi connectivity index (χ0v) is 35.8. The third kappa shape index (κ3) is 9.95. The summed E-state index contributed by atoms with van der Waals surface area (Å²) in [6.45, 7) is 4.13. The fourth-order valence-corrected chi connectivity index (χ4v) is 8.30. The topological polar surface area (TPSA) is 150 Å². The number of carbonyl (C=O) groups excluding carboxylic acids is 1. The molecule has 0 radical (unpaired) electrons. The SMILES string of the molecule is COc1cc(OC)c(Cl)c(-c2cc3cnc(Nc4ccc(N5CCOCC5)cc4)cc3n(Cc3cccc(CC(=O)/C=C/C[N+](C)(C)CC4=C([N+](=O)[O-])N=CC4)c3)c2=O)c1Cl. The molecule has 4 heterocycles. The molecule has 5 aromatic rings. The first-order valence-electron chi connectivity index (χ1n) is 19.7. The average molecular weight is 868 g/mol. The predicted octanol–water partition coefficient (Wildman–Crippen LogP) is 7.72. The second-order valence-electron chi connectivity index (χ2n) is 15.5. The van der Waals surface area contributed by atoms with Crippen LogP contribution in [0, 0.1) is 10.1 Å². The minimum absolute atomic E-state index is 0.0967. The predicted molar refractivity (Wildman–Crippen MR) is 240 cm³/mol. The number of anilines is 3. The molecular formula is C45H46Cl2N7O7+. The third-order valence-corrected chi connectivity index (χ3v) is 11.4. The van der Waals surface area contributed by atoms with Crippen molar-refractivity contribution in [3.8, 4) is 22.6 Å². The molecule has 7 rings (SSSR count). The average Bonchev–Trinajstić information content (AvgIpc) is 3.71. The van der Waals surface area contributed by atoms with Crippen LogP contribution in [0.1, 0.15) is 17.5 Å². The number of hydrogen-bond acceptors (Lipinski definition) is 11. The highest BCUT2D eigenvalue weighted by Crippen LogP contribution is 2.45. The van der Waals surface area contributed by atoms with Gasteiger partial charge in [-0.05, 0) is 58.5 Å². The summed E-state index contributed by atoms with van der Waals surface area (Å²) >= 11 is 13.7. The Labute approximate surface area is 363 Å². The molecule has 0 saturated carbocycles. The Balaban J connectivity index is 1.18. The van der Waals surface area contributed by atoms with Crippen molar-refractivity contribution in [1.82, 2.24) is 9.55 Å². The summed E-state index contributed by atoms with van der Waals surface area (Å²) in [5.41, 5.74) is 4.88. The van der Waals surface area contributed by atoms with Crippen molar-refractivity contribution in [3.63, 3.8) is 0 Å². The number of nitro groups is 1. The zero-order valence-electron chi connectivity index (χ0n) is 34.3. The van der Waals surface area contributed by atoms with Gasteiger partial charge in [0.15, 0.2) is 5.78 Å². The van der Waals surface area contributed by atoms with E-state index >= 15 is 0 Å². The van der Waals surface area contributed by atoms with Crippen LogP contribution in [0.2, 0.25) is 10.0 Å². The number of halogens is 2. The quantitative estimate of drug-likeness (QED) is 0.0452. The second-order valence-corrected chi connectivity index (χ2v) is 16.2. The number of aliphatic imine (C=N–C) groups is 1. The van der Waals surface area contributed by atoms with Crippen molar-refractivity contribution in [2.45, 2.75) is 19.4 Å². The molecule has 2 aliphatic rings. The summed E-state index contributed by atoms with van der Waals surface area (Å²) in [5.74, 6) is 0.916. The van der Waals surface area contributed by atoms with Gasteiger partial charge < -0.3 is 43.6 Å².